The van der Waals surface area contributed by atoms with Crippen LogP contribution in [0.3, 0.4) is 0 Å². The zero-order valence-electron chi connectivity index (χ0n) is 14.9. The lowest BCUT2D eigenvalue weighted by atomic mass is 9.90. The quantitative estimate of drug-likeness (QED) is 0.653. The fourth-order valence-electron chi connectivity index (χ4n) is 3.82. The van der Waals surface area contributed by atoms with Crippen molar-refractivity contribution in [2.24, 2.45) is 0 Å². The van der Waals surface area contributed by atoms with Crippen molar-refractivity contribution in [3.05, 3.63) is 76.7 Å². The minimum Gasteiger partial charge on any atom is -0.382 e. The zero-order chi connectivity index (χ0) is 17.8. The number of anilines is 1. The van der Waals surface area contributed by atoms with Gasteiger partial charge in [0.2, 0.25) is 0 Å². The number of hydrogen-bond acceptors (Lipinski definition) is 3. The highest BCUT2D eigenvalue weighted by Gasteiger charge is 2.20. The van der Waals surface area contributed by atoms with Gasteiger partial charge in [-0.2, -0.15) is 0 Å². The minimum absolute atomic E-state index is 0.0287. The van der Waals surface area contributed by atoms with Gasteiger partial charge in [-0.25, -0.2) is 0 Å². The molecule has 0 radical (unpaired) electrons. The average Bonchev–Trinajstić information content (AvgIpc) is 2.68. The van der Waals surface area contributed by atoms with E-state index >= 15 is 0 Å². The molecule has 3 N–H and O–H groups in total. The van der Waals surface area contributed by atoms with Crippen molar-refractivity contribution >= 4 is 16.5 Å². The number of aromatic nitrogens is 1. The van der Waals surface area contributed by atoms with Gasteiger partial charge in [0.15, 0.2) is 0 Å². The standard InChI is InChI=1S/C22H25N3O/c26-22-21-11-10-20(14-17(21)12-13-23-22)25-19-8-6-18(7-9-19)24-15-16-4-2-1-3-5-16/h1-5,10-14,18-19,24-25H,6-9,15H2,(H,23,26). The van der Waals surface area contributed by atoms with E-state index in [2.05, 4.69) is 52.0 Å². The number of aromatic amines is 1. The summed E-state index contributed by atoms with van der Waals surface area (Å²) in [6, 6.07) is 19.6. The largest absolute Gasteiger partial charge is 0.382 e. The Hall–Kier alpha value is -2.59. The Kier molecular flexibility index (Phi) is 5.02. The molecule has 0 atom stereocenters. The van der Waals surface area contributed by atoms with E-state index in [-0.39, 0.29) is 5.56 Å². The first-order valence-corrected chi connectivity index (χ1v) is 9.43. The molecule has 0 spiro atoms. The normalized spacial score (nSPS) is 20.2. The van der Waals surface area contributed by atoms with Gasteiger partial charge in [0.25, 0.3) is 5.56 Å². The molecule has 4 heteroatoms. The number of pyridine rings is 1. The second-order valence-electron chi connectivity index (χ2n) is 7.17. The highest BCUT2D eigenvalue weighted by molar-refractivity contribution is 5.84. The molecule has 3 aromatic rings. The van der Waals surface area contributed by atoms with E-state index in [1.54, 1.807) is 6.20 Å². The average molecular weight is 347 g/mol. The van der Waals surface area contributed by atoms with E-state index in [1.165, 1.54) is 31.2 Å². The second kappa shape index (κ2) is 7.75. The van der Waals surface area contributed by atoms with Crippen molar-refractivity contribution in [3.8, 4) is 0 Å². The summed E-state index contributed by atoms with van der Waals surface area (Å²) in [4.78, 5) is 14.5. The topological polar surface area (TPSA) is 56.9 Å². The molecule has 1 fully saturated rings. The fraction of sp³-hybridized carbons (Fsp3) is 0.318. The first-order chi connectivity index (χ1) is 12.8. The lowest BCUT2D eigenvalue weighted by Gasteiger charge is -2.30. The molecule has 2 aromatic carbocycles. The van der Waals surface area contributed by atoms with Crippen LogP contribution in [0.1, 0.15) is 31.2 Å². The summed E-state index contributed by atoms with van der Waals surface area (Å²) in [6.07, 6.45) is 6.42. The molecular weight excluding hydrogens is 322 g/mol. The van der Waals surface area contributed by atoms with E-state index < -0.39 is 0 Å². The Bertz CT molecular complexity index is 911. The number of hydrogen-bond donors (Lipinski definition) is 3. The van der Waals surface area contributed by atoms with Gasteiger partial charge in [0.1, 0.15) is 0 Å². The third-order valence-corrected chi connectivity index (χ3v) is 5.31. The highest BCUT2D eigenvalue weighted by Crippen LogP contribution is 2.24. The summed E-state index contributed by atoms with van der Waals surface area (Å²) >= 11 is 0. The van der Waals surface area contributed by atoms with Crippen molar-refractivity contribution in [1.82, 2.24) is 10.3 Å². The molecule has 26 heavy (non-hydrogen) atoms. The van der Waals surface area contributed by atoms with Crippen LogP contribution in [0.5, 0.6) is 0 Å². The lowest BCUT2D eigenvalue weighted by Crippen LogP contribution is -2.36. The van der Waals surface area contributed by atoms with Gasteiger partial charge >= 0.3 is 0 Å². The Balaban J connectivity index is 1.30. The molecule has 4 rings (SSSR count). The van der Waals surface area contributed by atoms with E-state index in [4.69, 9.17) is 0 Å². The predicted octanol–water partition coefficient (Wildman–Crippen LogP) is 4.04. The summed E-state index contributed by atoms with van der Waals surface area (Å²) in [5.74, 6) is 0. The van der Waals surface area contributed by atoms with Gasteiger partial charge in [-0.15, -0.1) is 0 Å². The van der Waals surface area contributed by atoms with E-state index in [0.29, 0.717) is 12.1 Å². The second-order valence-corrected chi connectivity index (χ2v) is 7.17. The molecule has 0 amide bonds. The van der Waals surface area contributed by atoms with Gasteiger partial charge < -0.3 is 15.6 Å². The first kappa shape index (κ1) is 16.9. The SMILES string of the molecule is O=c1[nH]ccc2cc(NC3CCC(NCc4ccccc4)CC3)ccc12. The van der Waals surface area contributed by atoms with Gasteiger partial charge in [0, 0.05) is 35.9 Å². The Labute approximate surface area is 153 Å². The highest BCUT2D eigenvalue weighted by atomic mass is 16.1. The maximum Gasteiger partial charge on any atom is 0.255 e. The van der Waals surface area contributed by atoms with Gasteiger partial charge in [-0.3, -0.25) is 4.79 Å². The third-order valence-electron chi connectivity index (χ3n) is 5.31. The number of nitrogens with one attached hydrogen (secondary N) is 3. The maximum absolute atomic E-state index is 11.8. The molecule has 134 valence electrons. The first-order valence-electron chi connectivity index (χ1n) is 9.43. The van der Waals surface area contributed by atoms with E-state index in [0.717, 1.165) is 23.0 Å². The van der Waals surface area contributed by atoms with Crippen molar-refractivity contribution in [2.45, 2.75) is 44.3 Å². The summed E-state index contributed by atoms with van der Waals surface area (Å²) in [7, 11) is 0. The molecule has 1 heterocycles. The summed E-state index contributed by atoms with van der Waals surface area (Å²) in [6.45, 7) is 0.947. The van der Waals surface area contributed by atoms with Crippen LogP contribution in [-0.2, 0) is 6.54 Å². The van der Waals surface area contributed by atoms with Crippen LogP contribution in [-0.4, -0.2) is 17.1 Å². The van der Waals surface area contributed by atoms with Crippen molar-refractivity contribution < 1.29 is 0 Å². The monoisotopic (exact) mass is 347 g/mol. The Morgan fingerprint density at radius 3 is 2.50 bits per heavy atom. The summed E-state index contributed by atoms with van der Waals surface area (Å²) < 4.78 is 0. The number of H-pyrrole nitrogens is 1. The van der Waals surface area contributed by atoms with Crippen LogP contribution in [0, 0.1) is 0 Å². The Morgan fingerprint density at radius 2 is 1.69 bits per heavy atom. The third kappa shape index (κ3) is 3.97. The smallest absolute Gasteiger partial charge is 0.255 e. The van der Waals surface area contributed by atoms with Gasteiger partial charge in [-0.1, -0.05) is 30.3 Å². The summed E-state index contributed by atoms with van der Waals surface area (Å²) in [5, 5.41) is 9.06. The lowest BCUT2D eigenvalue weighted by molar-refractivity contribution is 0.353. The van der Waals surface area contributed by atoms with Crippen LogP contribution in [0.25, 0.3) is 10.8 Å². The summed E-state index contributed by atoms with van der Waals surface area (Å²) in [5.41, 5.74) is 2.42. The van der Waals surface area contributed by atoms with E-state index in [9.17, 15) is 4.79 Å². The molecule has 0 bridgehead atoms. The molecule has 0 aliphatic heterocycles. The fourth-order valence-corrected chi connectivity index (χ4v) is 3.82. The van der Waals surface area contributed by atoms with Crippen LogP contribution in [0.15, 0.2) is 65.6 Å². The predicted molar refractivity (Wildman–Crippen MR) is 108 cm³/mol. The van der Waals surface area contributed by atoms with Crippen LogP contribution >= 0.6 is 0 Å². The van der Waals surface area contributed by atoms with Gasteiger partial charge in [-0.05, 0) is 60.9 Å². The molecule has 1 aliphatic carbocycles. The van der Waals surface area contributed by atoms with Crippen LogP contribution in [0.4, 0.5) is 5.69 Å². The molecular formula is C22H25N3O. The maximum atomic E-state index is 11.8. The molecule has 1 aromatic heterocycles. The molecule has 4 nitrogen and oxygen atoms in total. The van der Waals surface area contributed by atoms with Gasteiger partial charge in [0.05, 0.1) is 0 Å². The van der Waals surface area contributed by atoms with Crippen LogP contribution in [0.2, 0.25) is 0 Å². The molecule has 1 aliphatic rings. The number of fused-ring (bicyclic) bond motifs is 1. The van der Waals surface area contributed by atoms with Crippen LogP contribution < -0.4 is 16.2 Å². The Morgan fingerprint density at radius 1 is 0.923 bits per heavy atom. The molecule has 0 unspecified atom stereocenters. The van der Waals surface area contributed by atoms with Crippen molar-refractivity contribution in [3.63, 3.8) is 0 Å². The number of rotatable bonds is 5. The minimum atomic E-state index is -0.0287. The van der Waals surface area contributed by atoms with E-state index in [1.807, 2.05) is 18.2 Å². The number of benzene rings is 2. The molecule has 1 saturated carbocycles. The zero-order valence-corrected chi connectivity index (χ0v) is 14.9. The van der Waals surface area contributed by atoms with Crippen molar-refractivity contribution in [2.75, 3.05) is 5.32 Å². The molecule has 0 saturated heterocycles. The van der Waals surface area contributed by atoms with Crippen molar-refractivity contribution in [1.29, 1.82) is 0 Å².